The largest absolute Gasteiger partial charge is 0.326 e. The maximum Gasteiger partial charge on any atom is 0.225 e. The van der Waals surface area contributed by atoms with Gasteiger partial charge in [0.2, 0.25) is 5.91 Å². The van der Waals surface area contributed by atoms with Crippen LogP contribution < -0.4 is 10.6 Å². The van der Waals surface area contributed by atoms with Crippen LogP contribution in [-0.4, -0.2) is 23.5 Å². The van der Waals surface area contributed by atoms with Crippen molar-refractivity contribution in [2.75, 3.05) is 11.9 Å². The number of hydrogen-bond donors (Lipinski definition) is 2. The molecule has 0 aliphatic heterocycles. The summed E-state index contributed by atoms with van der Waals surface area (Å²) in [6.45, 7) is 0.731. The maximum absolute atomic E-state index is 11.5. The monoisotopic (exact) mass is 239 g/mol. The highest BCUT2D eigenvalue weighted by Gasteiger charge is 2.20. The second kappa shape index (κ2) is 5.27. The molecule has 4 nitrogen and oxygen atoms in total. The Bertz CT molecular complexity index is 379. The molecule has 0 spiro atoms. The van der Waals surface area contributed by atoms with Crippen LogP contribution in [0.1, 0.15) is 19.3 Å². The fourth-order valence-electron chi connectivity index (χ4n) is 1.38. The molecular weight excluding hydrogens is 226 g/mol. The minimum Gasteiger partial charge on any atom is -0.326 e. The Morgan fingerprint density at radius 2 is 2.38 bits per heavy atom. The number of carbonyl (C=O) groups is 1. The van der Waals surface area contributed by atoms with Crippen molar-refractivity contribution < 1.29 is 4.79 Å². The number of halogens is 1. The molecule has 1 aliphatic carbocycles. The molecule has 0 radical (unpaired) electrons. The minimum atomic E-state index is -0.00424. The average Bonchev–Trinajstić information content (AvgIpc) is 3.01. The molecule has 1 aromatic rings. The molecule has 16 heavy (non-hydrogen) atoms. The normalized spacial score (nSPS) is 14.8. The van der Waals surface area contributed by atoms with E-state index in [4.69, 9.17) is 11.6 Å². The first-order valence-electron chi connectivity index (χ1n) is 5.39. The molecule has 0 saturated heterocycles. The molecular formula is C11H14ClN3O. The summed E-state index contributed by atoms with van der Waals surface area (Å²) < 4.78 is 0. The summed E-state index contributed by atoms with van der Waals surface area (Å²) in [5.74, 6) is -0.00424. The Morgan fingerprint density at radius 3 is 3.06 bits per heavy atom. The number of anilines is 1. The lowest BCUT2D eigenvalue weighted by Crippen LogP contribution is -2.23. The van der Waals surface area contributed by atoms with Crippen molar-refractivity contribution in [2.24, 2.45) is 0 Å². The van der Waals surface area contributed by atoms with Gasteiger partial charge in [-0.25, -0.2) is 4.98 Å². The van der Waals surface area contributed by atoms with Gasteiger partial charge in [0, 0.05) is 30.9 Å². The minimum absolute atomic E-state index is 0.00424. The second-order valence-electron chi connectivity index (χ2n) is 3.89. The topological polar surface area (TPSA) is 54.0 Å². The number of nitrogens with one attached hydrogen (secondary N) is 2. The number of hydrogen-bond acceptors (Lipinski definition) is 3. The van der Waals surface area contributed by atoms with Crippen LogP contribution in [0.5, 0.6) is 0 Å². The maximum atomic E-state index is 11.5. The molecule has 0 aromatic carbocycles. The lowest BCUT2D eigenvalue weighted by Gasteiger charge is -2.05. The van der Waals surface area contributed by atoms with Gasteiger partial charge in [0.15, 0.2) is 0 Å². The smallest absolute Gasteiger partial charge is 0.225 e. The predicted octanol–water partition coefficient (Wildman–Crippen LogP) is 1.82. The lowest BCUT2D eigenvalue weighted by molar-refractivity contribution is -0.116. The Balaban J connectivity index is 1.73. The van der Waals surface area contributed by atoms with Gasteiger partial charge in [0.25, 0.3) is 0 Å². The zero-order valence-corrected chi connectivity index (χ0v) is 9.63. The van der Waals surface area contributed by atoms with Crippen molar-refractivity contribution in [3.05, 3.63) is 23.5 Å². The van der Waals surface area contributed by atoms with Gasteiger partial charge < -0.3 is 10.6 Å². The van der Waals surface area contributed by atoms with Crippen molar-refractivity contribution in [1.82, 2.24) is 10.3 Å². The molecule has 2 N–H and O–H groups in total. The van der Waals surface area contributed by atoms with Crippen LogP contribution in [0.3, 0.4) is 0 Å². The number of rotatable bonds is 5. The van der Waals surface area contributed by atoms with Gasteiger partial charge in [-0.1, -0.05) is 11.6 Å². The summed E-state index contributed by atoms with van der Waals surface area (Å²) in [7, 11) is 0. The van der Waals surface area contributed by atoms with Crippen LogP contribution in [0.25, 0.3) is 0 Å². The standard InChI is InChI=1S/C11H14ClN3O/c12-10-7-9(3-5-14-10)15-11(16)4-6-13-8-1-2-8/h3,5,7-8,13H,1-2,4,6H2,(H,14,15,16). The summed E-state index contributed by atoms with van der Waals surface area (Å²) in [6, 6.07) is 3.99. The van der Waals surface area contributed by atoms with E-state index in [1.54, 1.807) is 18.3 Å². The Labute approximate surface area is 99.4 Å². The van der Waals surface area contributed by atoms with Crippen LogP contribution in [0.4, 0.5) is 5.69 Å². The van der Waals surface area contributed by atoms with E-state index in [1.807, 2.05) is 0 Å². The molecule has 2 rings (SSSR count). The second-order valence-corrected chi connectivity index (χ2v) is 4.28. The molecule has 86 valence electrons. The fourth-order valence-corrected chi connectivity index (χ4v) is 1.55. The molecule has 1 heterocycles. The van der Waals surface area contributed by atoms with E-state index in [-0.39, 0.29) is 5.91 Å². The SMILES string of the molecule is O=C(CCNC1CC1)Nc1ccnc(Cl)c1. The van der Waals surface area contributed by atoms with Gasteiger partial charge in [-0.2, -0.15) is 0 Å². The fraction of sp³-hybridized carbons (Fsp3) is 0.455. The van der Waals surface area contributed by atoms with Crippen LogP contribution in [0.2, 0.25) is 5.15 Å². The first-order chi connectivity index (χ1) is 7.74. The van der Waals surface area contributed by atoms with E-state index in [0.717, 1.165) is 6.54 Å². The van der Waals surface area contributed by atoms with Crippen molar-refractivity contribution in [3.63, 3.8) is 0 Å². The van der Waals surface area contributed by atoms with Crippen LogP contribution in [0.15, 0.2) is 18.3 Å². The highest BCUT2D eigenvalue weighted by molar-refractivity contribution is 6.29. The quantitative estimate of drug-likeness (QED) is 0.771. The van der Waals surface area contributed by atoms with Crippen molar-refractivity contribution in [1.29, 1.82) is 0 Å². The third-order valence-corrected chi connectivity index (χ3v) is 2.58. The van der Waals surface area contributed by atoms with Gasteiger partial charge in [-0.05, 0) is 25.0 Å². The van der Waals surface area contributed by atoms with Crippen LogP contribution in [0, 0.1) is 0 Å². The van der Waals surface area contributed by atoms with Gasteiger partial charge in [0.05, 0.1) is 0 Å². The number of carbonyl (C=O) groups excluding carboxylic acids is 1. The molecule has 1 amide bonds. The Hall–Kier alpha value is -1.13. The third kappa shape index (κ3) is 3.79. The molecule has 1 aliphatic rings. The van der Waals surface area contributed by atoms with E-state index in [9.17, 15) is 4.79 Å². The van der Waals surface area contributed by atoms with E-state index in [0.29, 0.717) is 23.3 Å². The summed E-state index contributed by atoms with van der Waals surface area (Å²) >= 11 is 5.71. The van der Waals surface area contributed by atoms with E-state index < -0.39 is 0 Å². The van der Waals surface area contributed by atoms with E-state index >= 15 is 0 Å². The average molecular weight is 240 g/mol. The molecule has 0 unspecified atom stereocenters. The van der Waals surface area contributed by atoms with Gasteiger partial charge in [-0.3, -0.25) is 4.79 Å². The van der Waals surface area contributed by atoms with Crippen LogP contribution >= 0.6 is 11.6 Å². The van der Waals surface area contributed by atoms with Crippen molar-refractivity contribution in [3.8, 4) is 0 Å². The first-order valence-corrected chi connectivity index (χ1v) is 5.76. The Kier molecular flexibility index (Phi) is 3.74. The zero-order chi connectivity index (χ0) is 11.4. The summed E-state index contributed by atoms with van der Waals surface area (Å²) in [5, 5.41) is 6.44. The third-order valence-electron chi connectivity index (χ3n) is 2.37. The van der Waals surface area contributed by atoms with Crippen molar-refractivity contribution in [2.45, 2.75) is 25.3 Å². The van der Waals surface area contributed by atoms with Gasteiger partial charge in [0.1, 0.15) is 5.15 Å². The highest BCUT2D eigenvalue weighted by Crippen LogP contribution is 2.18. The highest BCUT2D eigenvalue weighted by atomic mass is 35.5. The van der Waals surface area contributed by atoms with E-state index in [1.165, 1.54) is 12.8 Å². The number of aromatic nitrogens is 1. The molecule has 1 aromatic heterocycles. The molecule has 0 atom stereocenters. The molecule has 5 heteroatoms. The number of nitrogens with zero attached hydrogens (tertiary/aromatic N) is 1. The lowest BCUT2D eigenvalue weighted by atomic mass is 10.3. The van der Waals surface area contributed by atoms with E-state index in [2.05, 4.69) is 15.6 Å². The summed E-state index contributed by atoms with van der Waals surface area (Å²) in [6.07, 6.45) is 4.53. The van der Waals surface area contributed by atoms with Gasteiger partial charge in [-0.15, -0.1) is 0 Å². The first kappa shape index (κ1) is 11.4. The van der Waals surface area contributed by atoms with Crippen molar-refractivity contribution >= 4 is 23.2 Å². The zero-order valence-electron chi connectivity index (χ0n) is 8.87. The number of amides is 1. The summed E-state index contributed by atoms with van der Waals surface area (Å²) in [5.41, 5.74) is 0.691. The molecule has 1 fully saturated rings. The van der Waals surface area contributed by atoms with Crippen LogP contribution in [-0.2, 0) is 4.79 Å². The predicted molar refractivity (Wildman–Crippen MR) is 63.5 cm³/mol. The Morgan fingerprint density at radius 1 is 1.56 bits per heavy atom. The summed E-state index contributed by atoms with van der Waals surface area (Å²) in [4.78, 5) is 15.4. The van der Waals surface area contributed by atoms with Gasteiger partial charge >= 0.3 is 0 Å². The molecule has 1 saturated carbocycles. The number of pyridine rings is 1. The molecule has 0 bridgehead atoms.